The maximum Gasteiger partial charge on any atom is 0.191 e. The van der Waals surface area contributed by atoms with Crippen molar-refractivity contribution in [2.24, 2.45) is 10.9 Å². The molecule has 0 amide bonds. The number of guanidine groups is 1. The SMILES string of the molecule is CCNC(=NCc1cc(CC)no1)NCC1CCCN(C)C1c1cccc(Cl)c1.I. The highest BCUT2D eigenvalue weighted by Crippen LogP contribution is 2.35. The summed E-state index contributed by atoms with van der Waals surface area (Å²) in [5.41, 5.74) is 2.24. The first-order valence-electron chi connectivity index (χ1n) is 10.5. The zero-order valence-corrected chi connectivity index (χ0v) is 21.1. The summed E-state index contributed by atoms with van der Waals surface area (Å²) < 4.78 is 5.35. The standard InChI is InChI=1S/C22H32ClN5O.HI/c1-4-19-13-20(29-27-19)15-26-22(24-5-2)25-14-17-9-7-11-28(3)21(17)16-8-6-10-18(23)12-16;/h6,8,10,12-13,17,21H,4-5,7,9,11,14-15H2,1-3H3,(H2,24,25,26);1H. The van der Waals surface area contributed by atoms with Crippen molar-refractivity contribution in [1.82, 2.24) is 20.7 Å². The lowest BCUT2D eigenvalue weighted by molar-refractivity contribution is 0.122. The molecule has 2 atom stereocenters. The topological polar surface area (TPSA) is 65.7 Å². The van der Waals surface area contributed by atoms with Crippen LogP contribution >= 0.6 is 35.6 Å². The summed E-state index contributed by atoms with van der Waals surface area (Å²) >= 11 is 6.26. The molecule has 6 nitrogen and oxygen atoms in total. The molecule has 2 aromatic rings. The number of piperidine rings is 1. The minimum atomic E-state index is 0. The number of aryl methyl sites for hydroxylation is 1. The van der Waals surface area contributed by atoms with E-state index in [0.29, 0.717) is 18.5 Å². The first-order chi connectivity index (χ1) is 14.1. The molecule has 166 valence electrons. The Morgan fingerprint density at radius 2 is 2.13 bits per heavy atom. The normalized spacial score (nSPS) is 19.9. The molecule has 30 heavy (non-hydrogen) atoms. The second kappa shape index (κ2) is 12.5. The molecule has 2 unspecified atom stereocenters. The summed E-state index contributed by atoms with van der Waals surface area (Å²) in [7, 11) is 2.20. The van der Waals surface area contributed by atoms with E-state index in [1.54, 1.807) is 0 Å². The van der Waals surface area contributed by atoms with Gasteiger partial charge in [-0.15, -0.1) is 24.0 Å². The summed E-state index contributed by atoms with van der Waals surface area (Å²) in [5.74, 6) is 2.07. The van der Waals surface area contributed by atoms with Gasteiger partial charge in [-0.25, -0.2) is 4.99 Å². The van der Waals surface area contributed by atoms with Gasteiger partial charge in [0.05, 0.1) is 5.69 Å². The Balaban J connectivity index is 0.00000320. The van der Waals surface area contributed by atoms with Gasteiger partial charge >= 0.3 is 0 Å². The molecule has 1 aliphatic rings. The molecule has 0 aliphatic carbocycles. The summed E-state index contributed by atoms with van der Waals surface area (Å²) in [4.78, 5) is 7.11. The molecule has 8 heteroatoms. The molecule has 1 saturated heterocycles. The summed E-state index contributed by atoms with van der Waals surface area (Å²) in [5, 5.41) is 11.7. The minimum Gasteiger partial charge on any atom is -0.359 e. The Bertz CT molecular complexity index is 812. The number of hydrogen-bond acceptors (Lipinski definition) is 4. The maximum atomic E-state index is 6.26. The van der Waals surface area contributed by atoms with E-state index in [0.717, 1.165) is 48.5 Å². The molecular formula is C22H33ClIN5O. The van der Waals surface area contributed by atoms with Gasteiger partial charge in [0.2, 0.25) is 0 Å². The monoisotopic (exact) mass is 545 g/mol. The van der Waals surface area contributed by atoms with Gasteiger partial charge in [0.25, 0.3) is 0 Å². The van der Waals surface area contributed by atoms with E-state index in [2.05, 4.69) is 58.7 Å². The highest BCUT2D eigenvalue weighted by Gasteiger charge is 2.30. The number of likely N-dealkylation sites (tertiary alicyclic amines) is 1. The minimum absolute atomic E-state index is 0. The summed E-state index contributed by atoms with van der Waals surface area (Å²) in [6, 6.07) is 10.6. The van der Waals surface area contributed by atoms with Crippen molar-refractivity contribution < 1.29 is 4.52 Å². The van der Waals surface area contributed by atoms with Gasteiger partial charge in [0.1, 0.15) is 6.54 Å². The lowest BCUT2D eigenvalue weighted by atomic mass is 9.85. The van der Waals surface area contributed by atoms with Crippen molar-refractivity contribution in [2.45, 2.75) is 45.7 Å². The van der Waals surface area contributed by atoms with Gasteiger partial charge < -0.3 is 15.2 Å². The van der Waals surface area contributed by atoms with Crippen LogP contribution in [-0.2, 0) is 13.0 Å². The molecule has 1 fully saturated rings. The van der Waals surface area contributed by atoms with E-state index < -0.39 is 0 Å². The number of nitrogens with one attached hydrogen (secondary N) is 2. The van der Waals surface area contributed by atoms with Crippen LogP contribution in [0.1, 0.15) is 49.7 Å². The molecule has 2 heterocycles. The van der Waals surface area contributed by atoms with E-state index in [1.807, 2.05) is 18.2 Å². The van der Waals surface area contributed by atoms with Crippen LogP contribution in [0, 0.1) is 5.92 Å². The fourth-order valence-electron chi connectivity index (χ4n) is 4.01. The Labute approximate surface area is 201 Å². The summed E-state index contributed by atoms with van der Waals surface area (Å²) in [6.45, 7) is 7.38. The first kappa shape index (κ1) is 24.9. The van der Waals surface area contributed by atoms with Crippen LogP contribution in [0.4, 0.5) is 0 Å². The lowest BCUT2D eigenvalue weighted by Crippen LogP contribution is -2.45. The largest absolute Gasteiger partial charge is 0.359 e. The number of aromatic nitrogens is 1. The van der Waals surface area contributed by atoms with Crippen LogP contribution in [0.3, 0.4) is 0 Å². The van der Waals surface area contributed by atoms with E-state index in [9.17, 15) is 0 Å². The Morgan fingerprint density at radius 1 is 1.30 bits per heavy atom. The number of aliphatic imine (C=N–C) groups is 1. The molecule has 3 rings (SSSR count). The second-order valence-electron chi connectivity index (χ2n) is 7.60. The fraction of sp³-hybridized carbons (Fsp3) is 0.545. The van der Waals surface area contributed by atoms with Gasteiger partial charge in [-0.05, 0) is 63.4 Å². The van der Waals surface area contributed by atoms with Gasteiger partial charge in [-0.3, -0.25) is 4.90 Å². The Hall–Kier alpha value is -1.32. The van der Waals surface area contributed by atoms with Crippen LogP contribution in [0.2, 0.25) is 5.02 Å². The highest BCUT2D eigenvalue weighted by atomic mass is 127. The molecule has 1 aromatic heterocycles. The zero-order chi connectivity index (χ0) is 20.6. The van der Waals surface area contributed by atoms with E-state index >= 15 is 0 Å². The van der Waals surface area contributed by atoms with Gasteiger partial charge in [-0.1, -0.05) is 35.8 Å². The predicted molar refractivity (Wildman–Crippen MR) is 134 cm³/mol. The third-order valence-electron chi connectivity index (χ3n) is 5.44. The Kier molecular flexibility index (Phi) is 10.4. The molecule has 1 aromatic carbocycles. The molecule has 2 N–H and O–H groups in total. The van der Waals surface area contributed by atoms with Crippen molar-refractivity contribution in [3.8, 4) is 0 Å². The zero-order valence-electron chi connectivity index (χ0n) is 18.0. The smallest absolute Gasteiger partial charge is 0.191 e. The van der Waals surface area contributed by atoms with E-state index in [-0.39, 0.29) is 24.0 Å². The van der Waals surface area contributed by atoms with Crippen molar-refractivity contribution in [2.75, 3.05) is 26.7 Å². The lowest BCUT2D eigenvalue weighted by Gasteiger charge is -2.40. The maximum absolute atomic E-state index is 6.26. The van der Waals surface area contributed by atoms with Crippen molar-refractivity contribution in [1.29, 1.82) is 0 Å². The van der Waals surface area contributed by atoms with Crippen LogP contribution in [0.5, 0.6) is 0 Å². The van der Waals surface area contributed by atoms with Gasteiger partial charge in [0.15, 0.2) is 11.7 Å². The average molecular weight is 546 g/mol. The number of benzene rings is 1. The van der Waals surface area contributed by atoms with Crippen LogP contribution < -0.4 is 10.6 Å². The third-order valence-corrected chi connectivity index (χ3v) is 5.67. The number of halogens is 2. The number of rotatable bonds is 7. The van der Waals surface area contributed by atoms with Crippen LogP contribution in [0.25, 0.3) is 0 Å². The summed E-state index contributed by atoms with van der Waals surface area (Å²) in [6.07, 6.45) is 3.24. The molecule has 0 radical (unpaired) electrons. The van der Waals surface area contributed by atoms with Crippen molar-refractivity contribution in [3.05, 3.63) is 52.4 Å². The Morgan fingerprint density at radius 3 is 2.83 bits per heavy atom. The van der Waals surface area contributed by atoms with Crippen LogP contribution in [0.15, 0.2) is 39.8 Å². The second-order valence-corrected chi connectivity index (χ2v) is 8.03. The number of hydrogen-bond donors (Lipinski definition) is 2. The first-order valence-corrected chi connectivity index (χ1v) is 10.9. The van der Waals surface area contributed by atoms with Gasteiger partial charge in [0, 0.05) is 30.2 Å². The quantitative estimate of drug-likeness (QED) is 0.301. The van der Waals surface area contributed by atoms with Gasteiger partial charge in [-0.2, -0.15) is 0 Å². The van der Waals surface area contributed by atoms with E-state index in [4.69, 9.17) is 16.1 Å². The van der Waals surface area contributed by atoms with E-state index in [1.165, 1.54) is 18.4 Å². The highest BCUT2D eigenvalue weighted by molar-refractivity contribution is 14.0. The molecule has 0 saturated carbocycles. The average Bonchev–Trinajstić information content (AvgIpc) is 3.18. The number of nitrogens with zero attached hydrogens (tertiary/aromatic N) is 3. The predicted octanol–water partition coefficient (Wildman–Crippen LogP) is 4.65. The molecule has 0 spiro atoms. The van der Waals surface area contributed by atoms with Crippen molar-refractivity contribution >= 4 is 41.5 Å². The molecule has 0 bridgehead atoms. The fourth-order valence-corrected chi connectivity index (χ4v) is 4.21. The molecular weight excluding hydrogens is 513 g/mol. The van der Waals surface area contributed by atoms with Crippen LogP contribution in [-0.4, -0.2) is 42.7 Å². The molecule has 1 aliphatic heterocycles. The van der Waals surface area contributed by atoms with Crippen molar-refractivity contribution in [3.63, 3.8) is 0 Å². The third kappa shape index (κ3) is 6.85.